The van der Waals surface area contributed by atoms with Crippen LogP contribution in [0.25, 0.3) is 10.8 Å². The van der Waals surface area contributed by atoms with Crippen LogP contribution in [0.2, 0.25) is 0 Å². The van der Waals surface area contributed by atoms with Crippen LogP contribution in [0.15, 0.2) is 40.1 Å². The largest absolute Gasteiger partial charge is 0.419 e. The summed E-state index contributed by atoms with van der Waals surface area (Å²) in [5, 5.41) is 12.7. The molecule has 0 aliphatic heterocycles. The van der Waals surface area contributed by atoms with Gasteiger partial charge in [-0.2, -0.15) is 0 Å². The van der Waals surface area contributed by atoms with Crippen LogP contribution in [-0.2, 0) is 11.3 Å². The highest BCUT2D eigenvalue weighted by atomic mass is 32.1. The van der Waals surface area contributed by atoms with Crippen molar-refractivity contribution in [1.82, 2.24) is 15.1 Å². The number of thiophene rings is 1. The Morgan fingerprint density at radius 1 is 1.13 bits per heavy atom. The zero-order valence-corrected chi connectivity index (χ0v) is 17.6. The first-order valence-corrected chi connectivity index (χ1v) is 10.4. The van der Waals surface area contributed by atoms with Gasteiger partial charge in [0.2, 0.25) is 23.6 Å². The Morgan fingerprint density at radius 3 is 2.42 bits per heavy atom. The number of carbonyl (C=O) groups excluding carboxylic acids is 3. The number of nitrogens with zero attached hydrogens (tertiary/aromatic N) is 3. The second-order valence-electron chi connectivity index (χ2n) is 6.76. The summed E-state index contributed by atoms with van der Waals surface area (Å²) in [6.07, 6.45) is 0.808. The fraction of sp³-hybridized carbons (Fsp3) is 0.250. The molecule has 10 nitrogen and oxygen atoms in total. The van der Waals surface area contributed by atoms with Gasteiger partial charge < -0.3 is 21.2 Å². The minimum atomic E-state index is -0.732. The number of carbonyl (C=O) groups is 3. The van der Waals surface area contributed by atoms with E-state index in [4.69, 9.17) is 15.9 Å². The minimum Gasteiger partial charge on any atom is -0.419 e. The number of hydrogen-bond donors (Lipinski definition) is 3. The Kier molecular flexibility index (Phi) is 7.11. The predicted octanol–water partition coefficient (Wildman–Crippen LogP) is 1.85. The smallest absolute Gasteiger partial charge is 0.257 e. The SMILES string of the molecule is CCCN(CC(=O)Nc1cc(C(N)=O)cc(C(N)=O)c1)Cc1nnc(-c2cccs2)o1. The van der Waals surface area contributed by atoms with Gasteiger partial charge in [-0.15, -0.1) is 21.5 Å². The number of nitrogens with two attached hydrogens (primary N) is 2. The summed E-state index contributed by atoms with van der Waals surface area (Å²) >= 11 is 1.50. The minimum absolute atomic E-state index is 0.0389. The van der Waals surface area contributed by atoms with E-state index in [1.165, 1.54) is 29.5 Å². The lowest BCUT2D eigenvalue weighted by Gasteiger charge is -2.19. The highest BCUT2D eigenvalue weighted by Crippen LogP contribution is 2.23. The van der Waals surface area contributed by atoms with Crippen LogP contribution in [-0.4, -0.2) is 45.9 Å². The van der Waals surface area contributed by atoms with Crippen molar-refractivity contribution >= 4 is 34.7 Å². The second-order valence-corrected chi connectivity index (χ2v) is 7.71. The summed E-state index contributed by atoms with van der Waals surface area (Å²) in [5.74, 6) is -0.971. The lowest BCUT2D eigenvalue weighted by atomic mass is 10.1. The number of nitrogens with one attached hydrogen (secondary N) is 1. The Bertz CT molecular complexity index is 1050. The zero-order valence-electron chi connectivity index (χ0n) is 16.8. The van der Waals surface area contributed by atoms with Crippen molar-refractivity contribution in [3.05, 3.63) is 52.7 Å². The van der Waals surface area contributed by atoms with Crippen molar-refractivity contribution in [3.63, 3.8) is 0 Å². The second kappa shape index (κ2) is 9.96. The Balaban J connectivity index is 1.68. The number of hydrogen-bond acceptors (Lipinski definition) is 8. The van der Waals surface area contributed by atoms with Crippen molar-refractivity contribution < 1.29 is 18.8 Å². The van der Waals surface area contributed by atoms with Crippen LogP contribution < -0.4 is 16.8 Å². The lowest BCUT2D eigenvalue weighted by molar-refractivity contribution is -0.117. The molecule has 31 heavy (non-hydrogen) atoms. The topological polar surface area (TPSA) is 157 Å². The molecular formula is C20H22N6O4S. The third-order valence-corrected chi connectivity index (χ3v) is 5.11. The molecule has 11 heteroatoms. The first-order valence-electron chi connectivity index (χ1n) is 9.49. The fourth-order valence-corrected chi connectivity index (χ4v) is 3.57. The van der Waals surface area contributed by atoms with Gasteiger partial charge in [-0.05, 0) is 42.6 Å². The first kappa shape index (κ1) is 22.1. The molecular weight excluding hydrogens is 420 g/mol. The summed E-state index contributed by atoms with van der Waals surface area (Å²) < 4.78 is 5.70. The van der Waals surface area contributed by atoms with Gasteiger partial charge in [0, 0.05) is 16.8 Å². The number of aromatic nitrogens is 2. The molecule has 3 amide bonds. The molecule has 2 heterocycles. The molecule has 0 radical (unpaired) electrons. The molecule has 3 aromatic rings. The Morgan fingerprint density at radius 2 is 1.84 bits per heavy atom. The van der Waals surface area contributed by atoms with Crippen LogP contribution in [0.3, 0.4) is 0 Å². The van der Waals surface area contributed by atoms with Crippen LogP contribution in [0, 0.1) is 0 Å². The molecule has 0 unspecified atom stereocenters. The summed E-state index contributed by atoms with van der Waals surface area (Å²) in [6.45, 7) is 2.95. The highest BCUT2D eigenvalue weighted by molar-refractivity contribution is 7.13. The summed E-state index contributed by atoms with van der Waals surface area (Å²) in [7, 11) is 0. The maximum atomic E-state index is 12.6. The lowest BCUT2D eigenvalue weighted by Crippen LogP contribution is -2.33. The van der Waals surface area contributed by atoms with E-state index in [9.17, 15) is 14.4 Å². The Hall–Kier alpha value is -3.57. The van der Waals surface area contributed by atoms with Crippen LogP contribution in [0.1, 0.15) is 40.0 Å². The van der Waals surface area contributed by atoms with E-state index in [-0.39, 0.29) is 29.3 Å². The van der Waals surface area contributed by atoms with Crippen molar-refractivity contribution in [2.45, 2.75) is 19.9 Å². The molecule has 0 aliphatic rings. The normalized spacial score (nSPS) is 10.9. The molecule has 162 valence electrons. The van der Waals surface area contributed by atoms with Crippen molar-refractivity contribution in [3.8, 4) is 10.8 Å². The van der Waals surface area contributed by atoms with Crippen LogP contribution >= 0.6 is 11.3 Å². The van der Waals surface area contributed by atoms with Gasteiger partial charge in [0.05, 0.1) is 18.0 Å². The number of anilines is 1. The number of benzene rings is 1. The van der Waals surface area contributed by atoms with Gasteiger partial charge in [-0.3, -0.25) is 19.3 Å². The standard InChI is InChI=1S/C20H22N6O4S/c1-2-5-26(11-17-24-25-20(30-17)15-4-3-6-31-15)10-16(27)23-14-8-12(18(21)28)7-13(9-14)19(22)29/h3-4,6-9H,2,5,10-11H2,1H3,(H2,21,28)(H2,22,29)(H,23,27). The number of amides is 3. The van der Waals surface area contributed by atoms with Crippen molar-refractivity contribution in [1.29, 1.82) is 0 Å². The number of primary amides is 2. The zero-order chi connectivity index (χ0) is 22.4. The predicted molar refractivity (Wildman–Crippen MR) is 115 cm³/mol. The van der Waals surface area contributed by atoms with Gasteiger partial charge in [-0.1, -0.05) is 13.0 Å². The number of rotatable bonds is 10. The molecule has 3 rings (SSSR count). The first-order chi connectivity index (χ1) is 14.9. The van der Waals surface area contributed by atoms with Gasteiger partial charge in [0.25, 0.3) is 5.89 Å². The summed E-state index contributed by atoms with van der Waals surface area (Å²) in [4.78, 5) is 38.3. The van der Waals surface area contributed by atoms with Gasteiger partial charge in [0.1, 0.15) is 0 Å². The third kappa shape index (κ3) is 5.96. The van der Waals surface area contributed by atoms with Crippen LogP contribution in [0.5, 0.6) is 0 Å². The maximum absolute atomic E-state index is 12.6. The van der Waals surface area contributed by atoms with E-state index in [0.717, 1.165) is 11.3 Å². The molecule has 0 aliphatic carbocycles. The highest BCUT2D eigenvalue weighted by Gasteiger charge is 2.17. The molecule has 0 atom stereocenters. The molecule has 0 saturated carbocycles. The molecule has 0 saturated heterocycles. The van der Waals surface area contributed by atoms with E-state index in [0.29, 0.717) is 24.9 Å². The molecule has 0 bridgehead atoms. The van der Waals surface area contributed by atoms with Crippen molar-refractivity contribution in [2.24, 2.45) is 11.5 Å². The van der Waals surface area contributed by atoms with Crippen molar-refractivity contribution in [2.75, 3.05) is 18.4 Å². The van der Waals surface area contributed by atoms with Gasteiger partial charge >= 0.3 is 0 Å². The summed E-state index contributed by atoms with van der Waals surface area (Å²) in [5.41, 5.74) is 11.0. The molecule has 5 N–H and O–H groups in total. The monoisotopic (exact) mass is 442 g/mol. The molecule has 0 spiro atoms. The fourth-order valence-electron chi connectivity index (χ4n) is 2.93. The van der Waals surface area contributed by atoms with E-state index >= 15 is 0 Å². The molecule has 2 aromatic heterocycles. The average Bonchev–Trinajstić information content (AvgIpc) is 3.39. The van der Waals surface area contributed by atoms with Gasteiger partial charge in [-0.25, -0.2) is 0 Å². The maximum Gasteiger partial charge on any atom is 0.257 e. The third-order valence-electron chi connectivity index (χ3n) is 4.25. The van der Waals surface area contributed by atoms with Crippen LogP contribution in [0.4, 0.5) is 5.69 Å². The quantitative estimate of drug-likeness (QED) is 0.432. The summed E-state index contributed by atoms with van der Waals surface area (Å²) in [6, 6.07) is 7.85. The van der Waals surface area contributed by atoms with E-state index in [2.05, 4.69) is 15.5 Å². The molecule has 0 fully saturated rings. The Labute approximate surface area is 182 Å². The van der Waals surface area contributed by atoms with E-state index < -0.39 is 11.8 Å². The molecule has 1 aromatic carbocycles. The van der Waals surface area contributed by atoms with E-state index in [1.807, 2.05) is 29.3 Å². The van der Waals surface area contributed by atoms with E-state index in [1.54, 1.807) is 0 Å². The average molecular weight is 443 g/mol. The van der Waals surface area contributed by atoms with Gasteiger partial charge in [0.15, 0.2) is 0 Å².